The average molecular weight is 385 g/mol. The maximum absolute atomic E-state index is 15.1. The molecule has 2 saturated carbocycles. The highest BCUT2D eigenvalue weighted by atomic mass is 19.1. The van der Waals surface area contributed by atoms with Crippen LogP contribution in [-0.4, -0.2) is 52.8 Å². The van der Waals surface area contributed by atoms with Gasteiger partial charge in [-0.15, -0.1) is 0 Å². The van der Waals surface area contributed by atoms with Crippen molar-refractivity contribution < 1.29 is 14.3 Å². The molecule has 0 amide bonds. The highest BCUT2D eigenvalue weighted by Crippen LogP contribution is 2.40. The van der Waals surface area contributed by atoms with Crippen LogP contribution < -0.4 is 10.3 Å². The van der Waals surface area contributed by atoms with Crippen molar-refractivity contribution in [1.82, 2.24) is 9.47 Å². The lowest BCUT2D eigenvalue weighted by Crippen LogP contribution is -2.47. The van der Waals surface area contributed by atoms with Gasteiger partial charge in [-0.2, -0.15) is 0 Å². The summed E-state index contributed by atoms with van der Waals surface area (Å²) in [6, 6.07) is 2.14. The van der Waals surface area contributed by atoms with Gasteiger partial charge in [-0.05, 0) is 44.2 Å². The van der Waals surface area contributed by atoms with Gasteiger partial charge in [-0.1, -0.05) is 0 Å². The fourth-order valence-electron chi connectivity index (χ4n) is 4.60. The lowest BCUT2D eigenvalue weighted by Gasteiger charge is -2.37. The number of carboxylic acids is 1. The molecular formula is C21H24FN3O3. The minimum absolute atomic E-state index is 0.169. The SMILES string of the molecule is Cc1c(N2CCN(C3CC3)CC2)c(F)cc2c(=O)c(C(=O)O)cn(C3CC3)c12. The Morgan fingerprint density at radius 2 is 1.75 bits per heavy atom. The molecule has 2 heterocycles. The van der Waals surface area contributed by atoms with E-state index >= 15 is 4.39 Å². The van der Waals surface area contributed by atoms with Crippen LogP contribution in [0, 0.1) is 12.7 Å². The minimum atomic E-state index is -1.26. The van der Waals surface area contributed by atoms with Gasteiger partial charge in [0.25, 0.3) is 0 Å². The molecule has 2 aliphatic carbocycles. The molecule has 1 aliphatic heterocycles. The molecule has 1 N–H and O–H groups in total. The van der Waals surface area contributed by atoms with Crippen LogP contribution in [0.1, 0.15) is 47.6 Å². The first kappa shape index (κ1) is 17.7. The molecule has 5 rings (SSSR count). The van der Waals surface area contributed by atoms with Gasteiger partial charge in [-0.3, -0.25) is 9.69 Å². The van der Waals surface area contributed by atoms with E-state index in [2.05, 4.69) is 9.80 Å². The molecule has 0 radical (unpaired) electrons. The van der Waals surface area contributed by atoms with E-state index in [9.17, 15) is 14.7 Å². The normalized spacial score (nSPS) is 20.7. The molecule has 3 fully saturated rings. The fraction of sp³-hybridized carbons (Fsp3) is 0.524. The Kier molecular flexibility index (Phi) is 3.98. The summed E-state index contributed by atoms with van der Waals surface area (Å²) in [5.74, 6) is -1.70. The van der Waals surface area contributed by atoms with Crippen molar-refractivity contribution in [2.75, 3.05) is 31.1 Å². The van der Waals surface area contributed by atoms with E-state index in [4.69, 9.17) is 0 Å². The number of carboxylic acid groups (broad SMARTS) is 1. The Labute approximate surface area is 162 Å². The second-order valence-electron chi connectivity index (χ2n) is 8.30. The monoisotopic (exact) mass is 385 g/mol. The standard InChI is InChI=1S/C21H24FN3O3/c1-12-18-15(20(26)16(21(27)28)11-25(18)14-4-5-14)10-17(22)19(12)24-8-6-23(7-9-24)13-2-3-13/h10-11,13-14H,2-9H2,1H3,(H,27,28). The maximum Gasteiger partial charge on any atom is 0.341 e. The summed E-state index contributed by atoms with van der Waals surface area (Å²) in [7, 11) is 0. The van der Waals surface area contributed by atoms with Gasteiger partial charge in [-0.25, -0.2) is 9.18 Å². The van der Waals surface area contributed by atoms with Crippen LogP contribution >= 0.6 is 0 Å². The van der Waals surface area contributed by atoms with Crippen LogP contribution in [0.3, 0.4) is 0 Å². The molecule has 6 nitrogen and oxygen atoms in total. The van der Waals surface area contributed by atoms with Crippen molar-refractivity contribution >= 4 is 22.6 Å². The van der Waals surface area contributed by atoms with Crippen LogP contribution in [-0.2, 0) is 0 Å². The van der Waals surface area contributed by atoms with Gasteiger partial charge < -0.3 is 14.6 Å². The van der Waals surface area contributed by atoms with Crippen molar-refractivity contribution in [2.24, 2.45) is 0 Å². The summed E-state index contributed by atoms with van der Waals surface area (Å²) in [6.07, 6.45) is 5.88. The van der Waals surface area contributed by atoms with Crippen LogP contribution in [0.4, 0.5) is 10.1 Å². The number of anilines is 1. The molecule has 1 saturated heterocycles. The molecule has 1 aromatic carbocycles. The number of benzene rings is 1. The summed E-state index contributed by atoms with van der Waals surface area (Å²) < 4.78 is 17.0. The third-order valence-electron chi connectivity index (χ3n) is 6.34. The highest BCUT2D eigenvalue weighted by molar-refractivity contribution is 5.95. The minimum Gasteiger partial charge on any atom is -0.477 e. The van der Waals surface area contributed by atoms with Crippen LogP contribution in [0.15, 0.2) is 17.1 Å². The molecule has 0 spiro atoms. The predicted molar refractivity (Wildman–Crippen MR) is 105 cm³/mol. The summed E-state index contributed by atoms with van der Waals surface area (Å²) in [6.45, 7) is 5.23. The maximum atomic E-state index is 15.1. The number of aryl methyl sites for hydroxylation is 1. The molecule has 3 aliphatic rings. The van der Waals surface area contributed by atoms with E-state index in [1.165, 1.54) is 25.1 Å². The number of hydrogen-bond donors (Lipinski definition) is 1. The molecule has 0 bridgehead atoms. The first-order valence-electron chi connectivity index (χ1n) is 10.1. The zero-order valence-corrected chi connectivity index (χ0v) is 15.9. The molecule has 2 aromatic rings. The van der Waals surface area contributed by atoms with E-state index < -0.39 is 17.2 Å². The first-order valence-corrected chi connectivity index (χ1v) is 10.1. The summed E-state index contributed by atoms with van der Waals surface area (Å²) in [4.78, 5) is 28.8. The number of halogens is 1. The molecular weight excluding hydrogens is 361 g/mol. The summed E-state index contributed by atoms with van der Waals surface area (Å²) in [5, 5.41) is 9.57. The van der Waals surface area contributed by atoms with Gasteiger partial charge in [0.05, 0.1) is 11.2 Å². The van der Waals surface area contributed by atoms with Crippen LogP contribution in [0.5, 0.6) is 0 Å². The molecule has 1 aromatic heterocycles. The third kappa shape index (κ3) is 2.80. The Morgan fingerprint density at radius 1 is 1.11 bits per heavy atom. The quantitative estimate of drug-likeness (QED) is 0.877. The lowest BCUT2D eigenvalue weighted by atomic mass is 10.0. The van der Waals surface area contributed by atoms with Crippen molar-refractivity contribution in [2.45, 2.75) is 44.7 Å². The lowest BCUT2D eigenvalue weighted by molar-refractivity contribution is 0.0695. The fourth-order valence-corrected chi connectivity index (χ4v) is 4.60. The number of pyridine rings is 1. The van der Waals surface area contributed by atoms with E-state index in [1.807, 2.05) is 11.5 Å². The highest BCUT2D eigenvalue weighted by Gasteiger charge is 2.33. The Balaban J connectivity index is 1.63. The van der Waals surface area contributed by atoms with E-state index in [0.29, 0.717) is 17.2 Å². The van der Waals surface area contributed by atoms with Gasteiger partial charge in [0, 0.05) is 49.8 Å². The second kappa shape index (κ2) is 6.30. The van der Waals surface area contributed by atoms with Crippen molar-refractivity contribution in [3.8, 4) is 0 Å². The summed E-state index contributed by atoms with van der Waals surface area (Å²) >= 11 is 0. The summed E-state index contributed by atoms with van der Waals surface area (Å²) in [5.41, 5.74) is 1.07. The Bertz CT molecular complexity index is 1030. The van der Waals surface area contributed by atoms with Crippen LogP contribution in [0.25, 0.3) is 10.9 Å². The zero-order valence-electron chi connectivity index (χ0n) is 15.9. The number of fused-ring (bicyclic) bond motifs is 1. The van der Waals surface area contributed by atoms with Crippen molar-refractivity contribution in [3.05, 3.63) is 39.4 Å². The molecule has 28 heavy (non-hydrogen) atoms. The van der Waals surface area contributed by atoms with Gasteiger partial charge in [0.2, 0.25) is 5.43 Å². The Hall–Kier alpha value is -2.41. The molecule has 0 atom stereocenters. The number of piperazine rings is 1. The average Bonchev–Trinajstić information content (AvgIpc) is 3.55. The number of hydrogen-bond acceptors (Lipinski definition) is 4. The number of rotatable bonds is 4. The first-order chi connectivity index (χ1) is 13.5. The molecule has 7 heteroatoms. The largest absolute Gasteiger partial charge is 0.477 e. The third-order valence-corrected chi connectivity index (χ3v) is 6.34. The van der Waals surface area contributed by atoms with E-state index in [-0.39, 0.29) is 17.0 Å². The smallest absolute Gasteiger partial charge is 0.341 e. The topological polar surface area (TPSA) is 65.8 Å². The molecule has 0 unspecified atom stereocenters. The molecule has 148 valence electrons. The number of aromatic carboxylic acids is 1. The number of aromatic nitrogens is 1. The number of nitrogens with zero attached hydrogens (tertiary/aromatic N) is 3. The predicted octanol–water partition coefficient (Wildman–Crippen LogP) is 2.77. The van der Waals surface area contributed by atoms with Gasteiger partial charge in [0.15, 0.2) is 0 Å². The van der Waals surface area contributed by atoms with Crippen molar-refractivity contribution in [3.63, 3.8) is 0 Å². The van der Waals surface area contributed by atoms with Crippen molar-refractivity contribution in [1.29, 1.82) is 0 Å². The second-order valence-corrected chi connectivity index (χ2v) is 8.30. The van der Waals surface area contributed by atoms with E-state index in [1.54, 1.807) is 0 Å². The van der Waals surface area contributed by atoms with Gasteiger partial charge >= 0.3 is 5.97 Å². The van der Waals surface area contributed by atoms with Gasteiger partial charge in [0.1, 0.15) is 11.4 Å². The van der Waals surface area contributed by atoms with E-state index in [0.717, 1.165) is 44.6 Å². The zero-order chi connectivity index (χ0) is 19.6. The number of carbonyl (C=O) groups is 1. The Morgan fingerprint density at radius 3 is 2.32 bits per heavy atom. The van der Waals surface area contributed by atoms with Crippen LogP contribution in [0.2, 0.25) is 0 Å².